The van der Waals surface area contributed by atoms with E-state index in [2.05, 4.69) is 95.5 Å². The molecule has 0 amide bonds. The van der Waals surface area contributed by atoms with Crippen LogP contribution in [-0.2, 0) is 29.6 Å². The van der Waals surface area contributed by atoms with E-state index in [1.807, 2.05) is 6.07 Å². The maximum atomic E-state index is 5.85. The first-order chi connectivity index (χ1) is 20.4. The average Bonchev–Trinajstić information content (AvgIpc) is 3.51. The Hall–Kier alpha value is -3.34. The maximum absolute atomic E-state index is 5.85. The van der Waals surface area contributed by atoms with Gasteiger partial charge in [-0.3, -0.25) is 4.98 Å². The zero-order valence-electron chi connectivity index (χ0n) is 23.5. The summed E-state index contributed by atoms with van der Waals surface area (Å²) in [6.07, 6.45) is 6.25. The second-order valence-electron chi connectivity index (χ2n) is 11.4. The summed E-state index contributed by atoms with van der Waals surface area (Å²) in [5.41, 5.74) is 10.1. The van der Waals surface area contributed by atoms with Crippen LogP contribution in [0.2, 0.25) is 0 Å². The molecule has 4 aromatic carbocycles. The van der Waals surface area contributed by atoms with Crippen LogP contribution in [0.4, 0.5) is 0 Å². The fourth-order valence-electron chi connectivity index (χ4n) is 7.13. The number of ether oxygens (including phenoxy) is 2. The van der Waals surface area contributed by atoms with E-state index in [1.54, 1.807) is 0 Å². The minimum absolute atomic E-state index is 0. The van der Waals surface area contributed by atoms with Gasteiger partial charge < -0.3 is 13.9 Å². The Labute approximate surface area is 260 Å². The van der Waals surface area contributed by atoms with Crippen molar-refractivity contribution in [2.45, 2.75) is 37.5 Å². The van der Waals surface area contributed by atoms with Crippen LogP contribution < -0.4 is 0 Å². The summed E-state index contributed by atoms with van der Waals surface area (Å²) in [5.74, 6) is 0.870. The molecule has 4 nitrogen and oxygen atoms in total. The van der Waals surface area contributed by atoms with Crippen molar-refractivity contribution in [3.05, 3.63) is 108 Å². The van der Waals surface area contributed by atoms with Gasteiger partial charge in [-0.1, -0.05) is 66.0 Å². The molecule has 0 saturated carbocycles. The first-order valence-corrected chi connectivity index (χ1v) is 14.9. The topological polar surface area (TPSA) is 35.8 Å². The molecule has 0 N–H and O–H groups in total. The second-order valence-corrected chi connectivity index (χ2v) is 11.4. The summed E-state index contributed by atoms with van der Waals surface area (Å²) < 4.78 is 14.1. The molecule has 6 aromatic rings. The molecule has 0 unspecified atom stereocenters. The Bertz CT molecular complexity index is 1830. The van der Waals surface area contributed by atoms with E-state index < -0.39 is 0 Å². The van der Waals surface area contributed by atoms with Crippen molar-refractivity contribution in [2.75, 3.05) is 26.4 Å². The molecule has 4 heterocycles. The molecular weight excluding hydrogens is 697 g/mol. The van der Waals surface area contributed by atoms with Crippen molar-refractivity contribution in [1.29, 1.82) is 0 Å². The number of hydrogen-bond acceptors (Lipinski definition) is 3. The third kappa shape index (κ3) is 4.69. The number of pyridine rings is 1. The molecule has 2 aliphatic heterocycles. The van der Waals surface area contributed by atoms with Gasteiger partial charge in [-0.2, -0.15) is 0 Å². The molecule has 2 fully saturated rings. The first-order valence-electron chi connectivity index (χ1n) is 14.9. The third-order valence-electron chi connectivity index (χ3n) is 9.16. The number of benzene rings is 4. The minimum atomic E-state index is 0. The SMILES string of the molecule is [Ir].[c-]1cccc2c1c1ncc(-c3c(C4CCOCC4)cc(-c4ccccc4)cc3C3CCOCC3)n1c1ccccc21. The van der Waals surface area contributed by atoms with E-state index in [0.717, 1.165) is 63.1 Å². The average molecular weight is 730 g/mol. The molecule has 8 rings (SSSR count). The Kier molecular flexibility index (Phi) is 7.68. The Morgan fingerprint density at radius 3 is 2.00 bits per heavy atom. The van der Waals surface area contributed by atoms with Gasteiger partial charge in [-0.25, -0.2) is 0 Å². The Balaban J connectivity index is 0.00000288. The fraction of sp³-hybridized carbons (Fsp3) is 0.270. The van der Waals surface area contributed by atoms with Crippen LogP contribution in [0.25, 0.3) is 49.7 Å². The van der Waals surface area contributed by atoms with E-state index in [9.17, 15) is 0 Å². The zero-order valence-corrected chi connectivity index (χ0v) is 25.9. The number of nitrogens with zero attached hydrogens (tertiary/aromatic N) is 2. The van der Waals surface area contributed by atoms with E-state index in [4.69, 9.17) is 14.5 Å². The van der Waals surface area contributed by atoms with Crippen molar-refractivity contribution in [1.82, 2.24) is 9.38 Å². The van der Waals surface area contributed by atoms with Crippen molar-refractivity contribution in [2.24, 2.45) is 0 Å². The molecule has 1 radical (unpaired) electrons. The number of aromatic nitrogens is 2. The van der Waals surface area contributed by atoms with Crippen molar-refractivity contribution in [3.8, 4) is 22.4 Å². The molecule has 42 heavy (non-hydrogen) atoms. The van der Waals surface area contributed by atoms with Crippen LogP contribution in [-0.4, -0.2) is 35.8 Å². The smallest absolute Gasteiger partial charge is 0.0639 e. The Morgan fingerprint density at radius 2 is 1.31 bits per heavy atom. The van der Waals surface area contributed by atoms with Crippen molar-refractivity contribution in [3.63, 3.8) is 0 Å². The standard InChI is InChI=1S/C37H33N2O2.Ir/c1-2-8-25(9-3-1)28-22-32(26-14-18-40-19-15-26)36(33(23-28)27-16-20-41-21-17-27)35-24-38-37-31-12-5-4-10-29(31)30-11-6-7-13-34(30)39(35)37;/h1-11,13,22-24,26-27H,14-21H2;/q-1;. The van der Waals surface area contributed by atoms with Gasteiger partial charge in [0.15, 0.2) is 0 Å². The quantitative estimate of drug-likeness (QED) is 0.135. The van der Waals surface area contributed by atoms with Gasteiger partial charge in [0.1, 0.15) is 0 Å². The molecule has 0 bridgehead atoms. The van der Waals surface area contributed by atoms with Gasteiger partial charge in [-0.05, 0) is 71.2 Å². The molecule has 0 atom stereocenters. The number of hydrogen-bond donors (Lipinski definition) is 0. The predicted molar refractivity (Wildman–Crippen MR) is 165 cm³/mol. The predicted octanol–water partition coefficient (Wildman–Crippen LogP) is 8.56. The number of rotatable bonds is 4. The maximum Gasteiger partial charge on any atom is 0.0639 e. The van der Waals surface area contributed by atoms with Gasteiger partial charge in [0.2, 0.25) is 0 Å². The van der Waals surface area contributed by atoms with Crippen LogP contribution in [0, 0.1) is 6.07 Å². The molecule has 5 heteroatoms. The van der Waals surface area contributed by atoms with E-state index in [1.165, 1.54) is 49.8 Å². The summed E-state index contributed by atoms with van der Waals surface area (Å²) in [4.78, 5) is 5.11. The van der Waals surface area contributed by atoms with Crippen molar-refractivity contribution >= 4 is 27.3 Å². The molecule has 2 aromatic heterocycles. The summed E-state index contributed by atoms with van der Waals surface area (Å²) in [5, 5.41) is 3.49. The van der Waals surface area contributed by atoms with Crippen molar-refractivity contribution < 1.29 is 29.6 Å². The van der Waals surface area contributed by atoms with Gasteiger partial charge in [0, 0.05) is 63.8 Å². The zero-order chi connectivity index (χ0) is 27.2. The van der Waals surface area contributed by atoms with Crippen LogP contribution in [0.3, 0.4) is 0 Å². The summed E-state index contributed by atoms with van der Waals surface area (Å²) >= 11 is 0. The third-order valence-corrected chi connectivity index (χ3v) is 9.16. The molecule has 213 valence electrons. The summed E-state index contributed by atoms with van der Waals surface area (Å²) in [6.45, 7) is 3.23. The second kappa shape index (κ2) is 11.7. The monoisotopic (exact) mass is 730 g/mol. The summed E-state index contributed by atoms with van der Waals surface area (Å²) in [6, 6.07) is 34.3. The molecule has 0 aliphatic carbocycles. The van der Waals surface area contributed by atoms with E-state index in [-0.39, 0.29) is 20.1 Å². The van der Waals surface area contributed by atoms with Gasteiger partial charge in [-0.15, -0.1) is 29.7 Å². The molecule has 2 saturated heterocycles. The molecule has 0 spiro atoms. The van der Waals surface area contributed by atoms with Gasteiger partial charge >= 0.3 is 0 Å². The normalized spacial score (nSPS) is 16.7. The first kappa shape index (κ1) is 27.5. The minimum Gasteiger partial charge on any atom is -0.381 e. The van der Waals surface area contributed by atoms with Crippen LogP contribution in [0.1, 0.15) is 48.6 Å². The number of imidazole rings is 1. The molecular formula is C37H33IrN2O2-. The number of para-hydroxylation sites is 1. The van der Waals surface area contributed by atoms with E-state index >= 15 is 0 Å². The van der Waals surface area contributed by atoms with Gasteiger partial charge in [0.05, 0.1) is 11.3 Å². The largest absolute Gasteiger partial charge is 0.381 e. The summed E-state index contributed by atoms with van der Waals surface area (Å²) in [7, 11) is 0. The van der Waals surface area contributed by atoms with Crippen LogP contribution >= 0.6 is 0 Å². The van der Waals surface area contributed by atoms with E-state index in [0.29, 0.717) is 11.8 Å². The number of fused-ring (bicyclic) bond motifs is 6. The molecule has 2 aliphatic rings. The van der Waals surface area contributed by atoms with Crippen LogP contribution in [0.15, 0.2) is 91.1 Å². The van der Waals surface area contributed by atoms with Gasteiger partial charge in [0.25, 0.3) is 0 Å². The Morgan fingerprint density at radius 1 is 0.690 bits per heavy atom. The van der Waals surface area contributed by atoms with Crippen LogP contribution in [0.5, 0.6) is 0 Å². The fourth-order valence-corrected chi connectivity index (χ4v) is 7.13.